The first-order valence-corrected chi connectivity index (χ1v) is 7.09. The van der Waals surface area contributed by atoms with Crippen molar-refractivity contribution in [2.75, 3.05) is 24.6 Å². The lowest BCUT2D eigenvalue weighted by Crippen LogP contribution is -2.36. The molecular weight excluding hydrogens is 310 g/mol. The number of aliphatic hydroxyl groups is 1. The maximum atomic E-state index is 9.17. The topological polar surface area (TPSA) is 82.1 Å². The van der Waals surface area contributed by atoms with Gasteiger partial charge in [0.1, 0.15) is 0 Å². The number of hydrogen-bond acceptors (Lipinski definition) is 4. The van der Waals surface area contributed by atoms with Crippen molar-refractivity contribution < 1.29 is 10.3 Å². The molecule has 1 heterocycles. The van der Waals surface area contributed by atoms with E-state index in [0.717, 1.165) is 36.1 Å². The zero-order valence-electron chi connectivity index (χ0n) is 10.6. The highest BCUT2D eigenvalue weighted by molar-refractivity contribution is 9.10. The molecule has 0 atom stereocenters. The largest absolute Gasteiger partial charge is 0.409 e. The van der Waals surface area contributed by atoms with Crippen LogP contribution >= 0.6 is 15.9 Å². The highest BCUT2D eigenvalue weighted by Gasteiger charge is 2.22. The Bertz CT molecular complexity index is 471. The predicted molar refractivity (Wildman–Crippen MR) is 78.7 cm³/mol. The van der Waals surface area contributed by atoms with Gasteiger partial charge in [-0.25, -0.2) is 0 Å². The van der Waals surface area contributed by atoms with Crippen LogP contribution in [0.2, 0.25) is 0 Å². The molecule has 6 heteroatoms. The number of aliphatic hydroxyl groups excluding tert-OH is 1. The molecule has 0 saturated carbocycles. The van der Waals surface area contributed by atoms with E-state index in [4.69, 9.17) is 10.9 Å². The van der Waals surface area contributed by atoms with Crippen LogP contribution in [0.1, 0.15) is 18.4 Å². The van der Waals surface area contributed by atoms with Crippen molar-refractivity contribution in [1.82, 2.24) is 0 Å². The fourth-order valence-electron chi connectivity index (χ4n) is 2.44. The van der Waals surface area contributed by atoms with E-state index < -0.39 is 0 Å². The maximum Gasteiger partial charge on any atom is 0.173 e. The molecule has 104 valence electrons. The minimum absolute atomic E-state index is 0.103. The Morgan fingerprint density at radius 1 is 1.42 bits per heavy atom. The van der Waals surface area contributed by atoms with E-state index >= 15 is 0 Å². The number of rotatable bonds is 3. The number of benzene rings is 1. The number of hydrogen-bond donors (Lipinski definition) is 3. The summed E-state index contributed by atoms with van der Waals surface area (Å²) in [4.78, 5) is 2.21. The number of nitrogens with two attached hydrogens (primary N) is 1. The van der Waals surface area contributed by atoms with Gasteiger partial charge in [-0.3, -0.25) is 0 Å². The molecule has 0 spiro atoms. The fraction of sp³-hybridized carbons (Fsp3) is 0.462. The number of halogens is 1. The SMILES string of the molecule is N/C(=N/O)c1c(Br)cccc1N1CCC(CO)CC1. The first-order valence-electron chi connectivity index (χ1n) is 6.29. The van der Waals surface area contributed by atoms with Crippen molar-refractivity contribution in [2.45, 2.75) is 12.8 Å². The molecule has 1 fully saturated rings. The van der Waals surface area contributed by atoms with Crippen LogP contribution in [-0.4, -0.2) is 35.8 Å². The predicted octanol–water partition coefficient (Wildman–Crippen LogP) is 1.75. The summed E-state index contributed by atoms with van der Waals surface area (Å²) >= 11 is 3.44. The van der Waals surface area contributed by atoms with Crippen molar-refractivity contribution in [3.8, 4) is 0 Å². The number of amidine groups is 1. The van der Waals surface area contributed by atoms with Crippen molar-refractivity contribution >= 4 is 27.5 Å². The third-order valence-corrected chi connectivity index (χ3v) is 4.23. The number of anilines is 1. The Hall–Kier alpha value is -1.27. The van der Waals surface area contributed by atoms with Crippen molar-refractivity contribution in [3.05, 3.63) is 28.2 Å². The molecule has 1 aromatic carbocycles. The summed E-state index contributed by atoms with van der Waals surface area (Å²) in [5.41, 5.74) is 7.43. The third-order valence-electron chi connectivity index (χ3n) is 3.57. The molecule has 19 heavy (non-hydrogen) atoms. The molecule has 1 saturated heterocycles. The molecular formula is C13H18BrN3O2. The molecule has 0 radical (unpaired) electrons. The fourth-order valence-corrected chi connectivity index (χ4v) is 3.00. The molecule has 0 unspecified atom stereocenters. The van der Waals surface area contributed by atoms with Crippen LogP contribution < -0.4 is 10.6 Å². The van der Waals surface area contributed by atoms with Gasteiger partial charge in [-0.2, -0.15) is 0 Å². The second kappa shape index (κ2) is 6.25. The monoisotopic (exact) mass is 327 g/mol. The Balaban J connectivity index is 2.28. The average Bonchev–Trinajstić information content (AvgIpc) is 2.46. The molecule has 4 N–H and O–H groups in total. The third kappa shape index (κ3) is 3.01. The standard InChI is InChI=1S/C13H18BrN3O2/c14-10-2-1-3-11(12(10)13(15)16-19)17-6-4-9(8-18)5-7-17/h1-3,9,18-19H,4-8H2,(H2,15,16). The lowest BCUT2D eigenvalue weighted by molar-refractivity contribution is 0.203. The second-order valence-corrected chi connectivity index (χ2v) is 5.59. The molecule has 1 aromatic rings. The van der Waals surface area contributed by atoms with E-state index in [0.29, 0.717) is 11.5 Å². The van der Waals surface area contributed by atoms with E-state index in [2.05, 4.69) is 26.0 Å². The van der Waals surface area contributed by atoms with Crippen LogP contribution in [-0.2, 0) is 0 Å². The van der Waals surface area contributed by atoms with Gasteiger partial charge < -0.3 is 20.9 Å². The van der Waals surface area contributed by atoms with E-state index in [9.17, 15) is 5.11 Å². The summed E-state index contributed by atoms with van der Waals surface area (Å²) in [7, 11) is 0. The summed E-state index contributed by atoms with van der Waals surface area (Å²) < 4.78 is 0.810. The summed E-state index contributed by atoms with van der Waals surface area (Å²) in [6, 6.07) is 5.78. The highest BCUT2D eigenvalue weighted by atomic mass is 79.9. The molecule has 0 aliphatic carbocycles. The number of piperidine rings is 1. The molecule has 0 bridgehead atoms. The molecule has 1 aliphatic heterocycles. The van der Waals surface area contributed by atoms with Gasteiger partial charge in [-0.15, -0.1) is 0 Å². The maximum absolute atomic E-state index is 9.17. The van der Waals surface area contributed by atoms with Crippen LogP contribution in [0.4, 0.5) is 5.69 Å². The van der Waals surface area contributed by atoms with Crippen molar-refractivity contribution in [3.63, 3.8) is 0 Å². The first kappa shape index (κ1) is 14.1. The second-order valence-electron chi connectivity index (χ2n) is 4.73. The molecule has 5 nitrogen and oxygen atoms in total. The zero-order chi connectivity index (χ0) is 13.8. The quantitative estimate of drug-likeness (QED) is 0.342. The van der Waals surface area contributed by atoms with Crippen LogP contribution in [0.25, 0.3) is 0 Å². The zero-order valence-corrected chi connectivity index (χ0v) is 12.2. The first-order chi connectivity index (χ1) is 9.17. The van der Waals surface area contributed by atoms with Crippen LogP contribution in [0.15, 0.2) is 27.8 Å². The Kier molecular flexibility index (Phi) is 4.66. The normalized spacial score (nSPS) is 17.8. The smallest absolute Gasteiger partial charge is 0.173 e. The van der Waals surface area contributed by atoms with Gasteiger partial charge in [-0.05, 0) is 46.8 Å². The lowest BCUT2D eigenvalue weighted by Gasteiger charge is -2.34. The van der Waals surface area contributed by atoms with Gasteiger partial charge in [0.25, 0.3) is 0 Å². The van der Waals surface area contributed by atoms with Gasteiger partial charge in [0, 0.05) is 29.9 Å². The highest BCUT2D eigenvalue weighted by Crippen LogP contribution is 2.30. The van der Waals surface area contributed by atoms with Crippen molar-refractivity contribution in [1.29, 1.82) is 0 Å². The molecule has 1 aliphatic rings. The number of nitrogens with zero attached hydrogens (tertiary/aromatic N) is 2. The summed E-state index contributed by atoms with van der Waals surface area (Å²) in [6.45, 7) is 1.99. The van der Waals surface area contributed by atoms with Gasteiger partial charge in [0.05, 0.1) is 5.56 Å². The van der Waals surface area contributed by atoms with E-state index in [1.165, 1.54) is 0 Å². The summed E-state index contributed by atoms with van der Waals surface area (Å²) in [5, 5.41) is 21.2. The molecule has 0 amide bonds. The lowest BCUT2D eigenvalue weighted by atomic mass is 9.97. The van der Waals surface area contributed by atoms with Gasteiger partial charge >= 0.3 is 0 Å². The Morgan fingerprint density at radius 3 is 2.68 bits per heavy atom. The van der Waals surface area contributed by atoms with E-state index in [-0.39, 0.29) is 12.4 Å². The summed E-state index contributed by atoms with van der Waals surface area (Å²) in [6.07, 6.45) is 1.91. The van der Waals surface area contributed by atoms with Crippen LogP contribution in [0.3, 0.4) is 0 Å². The minimum atomic E-state index is 0.103. The van der Waals surface area contributed by atoms with Gasteiger partial charge in [0.15, 0.2) is 5.84 Å². The van der Waals surface area contributed by atoms with Crippen LogP contribution in [0, 0.1) is 5.92 Å². The van der Waals surface area contributed by atoms with E-state index in [1.54, 1.807) is 0 Å². The molecule has 0 aromatic heterocycles. The van der Waals surface area contributed by atoms with Crippen molar-refractivity contribution in [2.24, 2.45) is 16.8 Å². The average molecular weight is 328 g/mol. The Labute approximate surface area is 120 Å². The van der Waals surface area contributed by atoms with Gasteiger partial charge in [-0.1, -0.05) is 11.2 Å². The van der Waals surface area contributed by atoms with Crippen LogP contribution in [0.5, 0.6) is 0 Å². The van der Waals surface area contributed by atoms with Gasteiger partial charge in [0.2, 0.25) is 0 Å². The Morgan fingerprint density at radius 2 is 2.11 bits per heavy atom. The minimum Gasteiger partial charge on any atom is -0.409 e. The van der Waals surface area contributed by atoms with E-state index in [1.807, 2.05) is 18.2 Å². The number of oxime groups is 1. The molecule has 2 rings (SSSR count). The summed E-state index contributed by atoms with van der Waals surface area (Å²) in [5.74, 6) is 0.488.